The molecule has 0 amide bonds. The summed E-state index contributed by atoms with van der Waals surface area (Å²) in [5.74, 6) is 0.878. The van der Waals surface area contributed by atoms with Crippen LogP contribution in [0.25, 0.3) is 0 Å². The average molecular weight is 263 g/mol. The van der Waals surface area contributed by atoms with Crippen LogP contribution in [0.5, 0.6) is 5.75 Å². The minimum Gasteiger partial charge on any atom is -0.494 e. The first-order valence-corrected chi connectivity index (χ1v) is 7.19. The topological polar surface area (TPSA) is 41.8 Å². The number of unbranched alkanes of at least 4 members (excludes halogenated alkanes) is 5. The molecule has 0 aliphatic rings. The molecule has 0 fully saturated rings. The Morgan fingerprint density at radius 3 is 2.32 bits per heavy atom. The monoisotopic (exact) mass is 263 g/mol. The lowest BCUT2D eigenvalue weighted by Gasteiger charge is -2.07. The van der Waals surface area contributed by atoms with E-state index in [-0.39, 0.29) is 0 Å². The standard InChI is InChI=1S/C16H25NO2/c1-3-4-5-6-7-8-13-19-16-11-9-15(10-12-16)14(2)17-18/h9-12,18H,3-8,13H2,1-2H3. The van der Waals surface area contributed by atoms with Crippen LogP contribution in [0.15, 0.2) is 29.4 Å². The summed E-state index contributed by atoms with van der Waals surface area (Å²) in [5.41, 5.74) is 1.52. The predicted octanol–water partition coefficient (Wildman–Crippen LogP) is 4.62. The van der Waals surface area contributed by atoms with E-state index in [1.165, 1.54) is 32.1 Å². The lowest BCUT2D eigenvalue weighted by Crippen LogP contribution is -1.98. The predicted molar refractivity (Wildman–Crippen MR) is 79.3 cm³/mol. The second kappa shape index (κ2) is 9.42. The van der Waals surface area contributed by atoms with Gasteiger partial charge in [0, 0.05) is 0 Å². The molecule has 19 heavy (non-hydrogen) atoms. The summed E-state index contributed by atoms with van der Waals surface area (Å²) in [4.78, 5) is 0. The lowest BCUT2D eigenvalue weighted by molar-refractivity contribution is 0.304. The molecule has 0 heterocycles. The third kappa shape index (κ3) is 6.27. The normalized spacial score (nSPS) is 11.6. The number of ether oxygens (including phenoxy) is 1. The molecule has 0 bridgehead atoms. The van der Waals surface area contributed by atoms with Crippen LogP contribution in [0.3, 0.4) is 0 Å². The second-order valence-electron chi connectivity index (χ2n) is 4.83. The number of nitrogens with zero attached hydrogens (tertiary/aromatic N) is 1. The van der Waals surface area contributed by atoms with Crippen LogP contribution < -0.4 is 4.74 Å². The van der Waals surface area contributed by atoms with Gasteiger partial charge in [0.25, 0.3) is 0 Å². The maximum atomic E-state index is 8.68. The first-order valence-electron chi connectivity index (χ1n) is 7.19. The minimum atomic E-state index is 0.613. The van der Waals surface area contributed by atoms with Crippen molar-refractivity contribution < 1.29 is 9.94 Å². The van der Waals surface area contributed by atoms with Crippen LogP contribution >= 0.6 is 0 Å². The van der Waals surface area contributed by atoms with Crippen LogP contribution in [0.4, 0.5) is 0 Å². The van der Waals surface area contributed by atoms with Gasteiger partial charge in [-0.15, -0.1) is 0 Å². The van der Waals surface area contributed by atoms with Gasteiger partial charge >= 0.3 is 0 Å². The molecular formula is C16H25NO2. The third-order valence-electron chi connectivity index (χ3n) is 3.19. The summed E-state index contributed by atoms with van der Waals surface area (Å²) < 4.78 is 5.68. The average Bonchev–Trinajstić information content (AvgIpc) is 2.46. The Morgan fingerprint density at radius 1 is 1.05 bits per heavy atom. The van der Waals surface area contributed by atoms with Gasteiger partial charge in [0.05, 0.1) is 12.3 Å². The van der Waals surface area contributed by atoms with Crippen LogP contribution in [0.2, 0.25) is 0 Å². The Hall–Kier alpha value is -1.51. The molecule has 3 nitrogen and oxygen atoms in total. The summed E-state index contributed by atoms with van der Waals surface area (Å²) in [6.45, 7) is 4.78. The molecular weight excluding hydrogens is 238 g/mol. The van der Waals surface area contributed by atoms with E-state index in [4.69, 9.17) is 9.94 Å². The van der Waals surface area contributed by atoms with Crippen molar-refractivity contribution in [1.82, 2.24) is 0 Å². The van der Waals surface area contributed by atoms with Crippen molar-refractivity contribution >= 4 is 5.71 Å². The molecule has 0 unspecified atom stereocenters. The van der Waals surface area contributed by atoms with E-state index >= 15 is 0 Å². The molecule has 106 valence electrons. The maximum Gasteiger partial charge on any atom is 0.119 e. The summed E-state index contributed by atoms with van der Waals surface area (Å²) in [6.07, 6.45) is 7.64. The van der Waals surface area contributed by atoms with Gasteiger partial charge in [0.1, 0.15) is 5.75 Å². The molecule has 1 N–H and O–H groups in total. The molecule has 1 rings (SSSR count). The highest BCUT2D eigenvalue weighted by molar-refractivity contribution is 5.98. The van der Waals surface area contributed by atoms with E-state index in [9.17, 15) is 0 Å². The Bertz CT molecular complexity index is 371. The van der Waals surface area contributed by atoms with Gasteiger partial charge in [-0.25, -0.2) is 0 Å². The summed E-state index contributed by atoms with van der Waals surface area (Å²) >= 11 is 0. The molecule has 0 atom stereocenters. The van der Waals surface area contributed by atoms with Gasteiger partial charge in [-0.3, -0.25) is 0 Å². The highest BCUT2D eigenvalue weighted by Crippen LogP contribution is 2.14. The Morgan fingerprint density at radius 2 is 1.68 bits per heavy atom. The van der Waals surface area contributed by atoms with Gasteiger partial charge in [-0.2, -0.15) is 0 Å². The first-order chi connectivity index (χ1) is 9.27. The van der Waals surface area contributed by atoms with Crippen molar-refractivity contribution in [2.45, 2.75) is 52.4 Å². The lowest BCUT2D eigenvalue weighted by atomic mass is 10.1. The van der Waals surface area contributed by atoms with Crippen LogP contribution in [-0.2, 0) is 0 Å². The first kappa shape index (κ1) is 15.5. The third-order valence-corrected chi connectivity index (χ3v) is 3.19. The van der Waals surface area contributed by atoms with Crippen molar-refractivity contribution in [3.05, 3.63) is 29.8 Å². The van der Waals surface area contributed by atoms with E-state index in [1.807, 2.05) is 24.3 Å². The largest absolute Gasteiger partial charge is 0.494 e. The highest BCUT2D eigenvalue weighted by Gasteiger charge is 1.99. The fourth-order valence-electron chi connectivity index (χ4n) is 1.92. The number of hydrogen-bond acceptors (Lipinski definition) is 3. The van der Waals surface area contributed by atoms with Crippen molar-refractivity contribution in [3.63, 3.8) is 0 Å². The molecule has 0 aromatic heterocycles. The summed E-state index contributed by atoms with van der Waals surface area (Å²) in [6, 6.07) is 7.65. The number of hydrogen-bond donors (Lipinski definition) is 1. The van der Waals surface area contributed by atoms with Crippen LogP contribution in [0, 0.1) is 0 Å². The molecule has 0 aliphatic carbocycles. The Balaban J connectivity index is 2.19. The van der Waals surface area contributed by atoms with E-state index in [0.717, 1.165) is 24.3 Å². The molecule has 0 radical (unpaired) electrons. The van der Waals surface area contributed by atoms with Crippen LogP contribution in [0.1, 0.15) is 57.9 Å². The minimum absolute atomic E-state index is 0.613. The zero-order valence-electron chi connectivity index (χ0n) is 12.1. The summed E-state index contributed by atoms with van der Waals surface area (Å²) in [5, 5.41) is 11.9. The number of oxime groups is 1. The van der Waals surface area contributed by atoms with E-state index in [1.54, 1.807) is 6.92 Å². The zero-order valence-corrected chi connectivity index (χ0v) is 12.1. The Labute approximate surface area is 116 Å². The van der Waals surface area contributed by atoms with Crippen LogP contribution in [-0.4, -0.2) is 17.5 Å². The molecule has 3 heteroatoms. The van der Waals surface area contributed by atoms with Crippen molar-refractivity contribution in [1.29, 1.82) is 0 Å². The fraction of sp³-hybridized carbons (Fsp3) is 0.562. The van der Waals surface area contributed by atoms with E-state index < -0.39 is 0 Å². The maximum absolute atomic E-state index is 8.68. The zero-order chi connectivity index (χ0) is 13.9. The van der Waals surface area contributed by atoms with Crippen molar-refractivity contribution in [2.75, 3.05) is 6.61 Å². The van der Waals surface area contributed by atoms with Gasteiger partial charge in [0.2, 0.25) is 0 Å². The second-order valence-corrected chi connectivity index (χ2v) is 4.83. The van der Waals surface area contributed by atoms with Gasteiger partial charge in [0.15, 0.2) is 0 Å². The molecule has 0 saturated carbocycles. The number of benzene rings is 1. The molecule has 0 saturated heterocycles. The smallest absolute Gasteiger partial charge is 0.119 e. The van der Waals surface area contributed by atoms with Gasteiger partial charge < -0.3 is 9.94 Å². The highest BCUT2D eigenvalue weighted by atomic mass is 16.5. The van der Waals surface area contributed by atoms with Crippen molar-refractivity contribution in [2.24, 2.45) is 5.16 Å². The van der Waals surface area contributed by atoms with Crippen molar-refractivity contribution in [3.8, 4) is 5.75 Å². The molecule has 0 spiro atoms. The van der Waals surface area contributed by atoms with E-state index in [0.29, 0.717) is 5.71 Å². The van der Waals surface area contributed by atoms with E-state index in [2.05, 4.69) is 12.1 Å². The molecule has 0 aliphatic heterocycles. The Kier molecular flexibility index (Phi) is 7.71. The SMILES string of the molecule is CCCCCCCCOc1ccc(C(C)=NO)cc1. The number of rotatable bonds is 9. The van der Waals surface area contributed by atoms with Gasteiger partial charge in [-0.1, -0.05) is 44.2 Å². The van der Waals surface area contributed by atoms with Gasteiger partial charge in [-0.05, 0) is 43.2 Å². The molecule has 1 aromatic carbocycles. The molecule has 1 aromatic rings. The summed E-state index contributed by atoms with van der Waals surface area (Å²) in [7, 11) is 0. The quantitative estimate of drug-likeness (QED) is 0.305. The fourth-order valence-corrected chi connectivity index (χ4v) is 1.92.